The number of rotatable bonds is 1. The lowest BCUT2D eigenvalue weighted by atomic mass is 9.98. The van der Waals surface area contributed by atoms with Crippen LogP contribution in [-0.4, -0.2) is 42.7 Å². The van der Waals surface area contributed by atoms with Crippen molar-refractivity contribution in [2.45, 2.75) is 38.4 Å². The number of halogens is 1. The van der Waals surface area contributed by atoms with Gasteiger partial charge in [-0.15, -0.1) is 0 Å². The number of amides is 1. The van der Waals surface area contributed by atoms with Gasteiger partial charge >= 0.3 is 0 Å². The Bertz CT molecular complexity index is 239. The molecule has 0 aromatic heterocycles. The SMILES string of the molecule is CC1CCN(C(=O)[C@@H]2C[C@H](F)CN2)CC1. The number of piperidine rings is 1. The maximum Gasteiger partial charge on any atom is 0.239 e. The first-order chi connectivity index (χ1) is 7.16. The van der Waals surface area contributed by atoms with Crippen LogP contribution in [0.5, 0.6) is 0 Å². The van der Waals surface area contributed by atoms with Crippen LogP contribution in [0.25, 0.3) is 0 Å². The second-order valence-corrected chi connectivity index (χ2v) is 4.80. The van der Waals surface area contributed by atoms with E-state index < -0.39 is 6.17 Å². The molecule has 2 saturated heterocycles. The van der Waals surface area contributed by atoms with E-state index in [4.69, 9.17) is 0 Å². The zero-order chi connectivity index (χ0) is 10.8. The molecule has 0 bridgehead atoms. The van der Waals surface area contributed by atoms with E-state index in [2.05, 4.69) is 12.2 Å². The van der Waals surface area contributed by atoms with Gasteiger partial charge in [0.25, 0.3) is 0 Å². The lowest BCUT2D eigenvalue weighted by molar-refractivity contribution is -0.134. The Morgan fingerprint density at radius 3 is 2.60 bits per heavy atom. The molecule has 0 unspecified atom stereocenters. The molecular formula is C11H19FN2O. The summed E-state index contributed by atoms with van der Waals surface area (Å²) in [5.41, 5.74) is 0. The van der Waals surface area contributed by atoms with Gasteiger partial charge in [-0.3, -0.25) is 4.79 Å². The molecule has 2 heterocycles. The standard InChI is InChI=1S/C11H19FN2O/c1-8-2-4-14(5-3-8)11(15)10-6-9(12)7-13-10/h8-10,13H,2-7H2,1H3/t9-,10-/m0/s1. The summed E-state index contributed by atoms with van der Waals surface area (Å²) in [6, 6.07) is -0.270. The van der Waals surface area contributed by atoms with Crippen molar-refractivity contribution in [3.05, 3.63) is 0 Å². The van der Waals surface area contributed by atoms with Crippen LogP contribution in [0.15, 0.2) is 0 Å². The minimum Gasteiger partial charge on any atom is -0.341 e. The molecule has 2 aliphatic rings. The first-order valence-corrected chi connectivity index (χ1v) is 5.83. The van der Waals surface area contributed by atoms with E-state index in [9.17, 15) is 9.18 Å². The van der Waals surface area contributed by atoms with Crippen molar-refractivity contribution in [3.8, 4) is 0 Å². The molecule has 2 rings (SSSR count). The Hall–Kier alpha value is -0.640. The Labute approximate surface area is 90.0 Å². The van der Waals surface area contributed by atoms with Crippen LogP contribution >= 0.6 is 0 Å². The average Bonchev–Trinajstić information content (AvgIpc) is 2.65. The molecule has 0 spiro atoms. The normalized spacial score (nSPS) is 33.3. The number of nitrogens with one attached hydrogen (secondary N) is 1. The molecule has 4 heteroatoms. The summed E-state index contributed by atoms with van der Waals surface area (Å²) in [7, 11) is 0. The van der Waals surface area contributed by atoms with Crippen LogP contribution in [0.4, 0.5) is 4.39 Å². The highest BCUT2D eigenvalue weighted by Crippen LogP contribution is 2.19. The Kier molecular flexibility index (Phi) is 3.24. The fraction of sp³-hybridized carbons (Fsp3) is 0.909. The average molecular weight is 214 g/mol. The number of hydrogen-bond donors (Lipinski definition) is 1. The largest absolute Gasteiger partial charge is 0.341 e. The molecule has 2 aliphatic heterocycles. The first kappa shape index (κ1) is 10.9. The van der Waals surface area contributed by atoms with Crippen LogP contribution in [-0.2, 0) is 4.79 Å². The summed E-state index contributed by atoms with van der Waals surface area (Å²) in [6.45, 7) is 4.23. The molecule has 2 atom stereocenters. The summed E-state index contributed by atoms with van der Waals surface area (Å²) >= 11 is 0. The lowest BCUT2D eigenvalue weighted by Gasteiger charge is -2.32. The van der Waals surface area contributed by atoms with Crippen molar-refractivity contribution < 1.29 is 9.18 Å². The number of carbonyl (C=O) groups is 1. The van der Waals surface area contributed by atoms with E-state index >= 15 is 0 Å². The molecule has 0 aliphatic carbocycles. The van der Waals surface area contributed by atoms with Crippen molar-refractivity contribution in [1.82, 2.24) is 10.2 Å². The van der Waals surface area contributed by atoms with Gasteiger partial charge in [-0.25, -0.2) is 4.39 Å². The van der Waals surface area contributed by atoms with Gasteiger partial charge in [0.2, 0.25) is 5.91 Å². The Balaban J connectivity index is 1.85. The van der Waals surface area contributed by atoms with Gasteiger partial charge in [0.15, 0.2) is 0 Å². The predicted octanol–water partition coefficient (Wildman–Crippen LogP) is 0.945. The van der Waals surface area contributed by atoms with Gasteiger partial charge in [0.1, 0.15) is 6.17 Å². The number of carbonyl (C=O) groups excluding carboxylic acids is 1. The highest BCUT2D eigenvalue weighted by molar-refractivity contribution is 5.82. The van der Waals surface area contributed by atoms with E-state index in [1.54, 1.807) is 0 Å². The molecule has 0 saturated carbocycles. The third-order valence-corrected chi connectivity index (χ3v) is 3.47. The topological polar surface area (TPSA) is 32.3 Å². The lowest BCUT2D eigenvalue weighted by Crippen LogP contribution is -2.46. The fourth-order valence-electron chi connectivity index (χ4n) is 2.33. The number of nitrogens with zero attached hydrogens (tertiary/aromatic N) is 1. The quantitative estimate of drug-likeness (QED) is 0.704. The molecule has 1 amide bonds. The van der Waals surface area contributed by atoms with Crippen LogP contribution in [0, 0.1) is 5.92 Å². The molecule has 2 fully saturated rings. The molecule has 0 aromatic rings. The van der Waals surface area contributed by atoms with Crippen molar-refractivity contribution in [2.75, 3.05) is 19.6 Å². The molecule has 86 valence electrons. The van der Waals surface area contributed by atoms with E-state index in [0.717, 1.165) is 31.8 Å². The monoisotopic (exact) mass is 214 g/mol. The summed E-state index contributed by atoms with van der Waals surface area (Å²) in [5, 5.41) is 2.95. The van der Waals surface area contributed by atoms with Gasteiger partial charge in [0.05, 0.1) is 6.04 Å². The van der Waals surface area contributed by atoms with Gasteiger partial charge in [-0.05, 0) is 18.8 Å². The Morgan fingerprint density at radius 2 is 2.07 bits per heavy atom. The van der Waals surface area contributed by atoms with Crippen molar-refractivity contribution in [1.29, 1.82) is 0 Å². The van der Waals surface area contributed by atoms with Gasteiger partial charge in [-0.1, -0.05) is 6.92 Å². The third kappa shape index (κ3) is 2.48. The van der Waals surface area contributed by atoms with Crippen molar-refractivity contribution in [2.24, 2.45) is 5.92 Å². The van der Waals surface area contributed by atoms with E-state index in [1.165, 1.54) is 0 Å². The summed E-state index contributed by atoms with van der Waals surface area (Å²) in [4.78, 5) is 13.8. The second-order valence-electron chi connectivity index (χ2n) is 4.80. The molecule has 0 aromatic carbocycles. The smallest absolute Gasteiger partial charge is 0.239 e. The second kappa shape index (κ2) is 4.47. The minimum absolute atomic E-state index is 0.0991. The van der Waals surface area contributed by atoms with Crippen LogP contribution in [0.3, 0.4) is 0 Å². The van der Waals surface area contributed by atoms with Crippen molar-refractivity contribution in [3.63, 3.8) is 0 Å². The maximum absolute atomic E-state index is 12.9. The first-order valence-electron chi connectivity index (χ1n) is 5.83. The third-order valence-electron chi connectivity index (χ3n) is 3.47. The van der Waals surface area contributed by atoms with Crippen LogP contribution in [0.2, 0.25) is 0 Å². The van der Waals surface area contributed by atoms with E-state index in [1.807, 2.05) is 4.90 Å². The fourth-order valence-corrected chi connectivity index (χ4v) is 2.33. The molecule has 1 N–H and O–H groups in total. The molecule has 15 heavy (non-hydrogen) atoms. The highest BCUT2D eigenvalue weighted by Gasteiger charge is 2.33. The van der Waals surface area contributed by atoms with Gasteiger partial charge in [-0.2, -0.15) is 0 Å². The number of likely N-dealkylation sites (tertiary alicyclic amines) is 1. The van der Waals surface area contributed by atoms with Crippen molar-refractivity contribution >= 4 is 5.91 Å². The van der Waals surface area contributed by atoms with Crippen LogP contribution < -0.4 is 5.32 Å². The van der Waals surface area contributed by atoms with E-state index in [0.29, 0.717) is 13.0 Å². The Morgan fingerprint density at radius 1 is 1.40 bits per heavy atom. The van der Waals surface area contributed by atoms with Gasteiger partial charge < -0.3 is 10.2 Å². The number of alkyl halides is 1. The summed E-state index contributed by atoms with van der Waals surface area (Å²) in [5.74, 6) is 0.821. The maximum atomic E-state index is 12.9. The molecule has 0 radical (unpaired) electrons. The van der Waals surface area contributed by atoms with Gasteiger partial charge in [0, 0.05) is 26.1 Å². The molecular weight excluding hydrogens is 195 g/mol. The summed E-state index contributed by atoms with van der Waals surface area (Å²) < 4.78 is 12.9. The highest BCUT2D eigenvalue weighted by atomic mass is 19.1. The summed E-state index contributed by atoms with van der Waals surface area (Å²) in [6.07, 6.45) is 1.67. The van der Waals surface area contributed by atoms with E-state index in [-0.39, 0.29) is 11.9 Å². The minimum atomic E-state index is -0.845. The zero-order valence-electron chi connectivity index (χ0n) is 9.21. The predicted molar refractivity (Wildman–Crippen MR) is 56.3 cm³/mol. The molecule has 3 nitrogen and oxygen atoms in total. The number of hydrogen-bond acceptors (Lipinski definition) is 2. The van der Waals surface area contributed by atoms with Crippen LogP contribution in [0.1, 0.15) is 26.2 Å². The zero-order valence-corrected chi connectivity index (χ0v) is 9.21.